The van der Waals surface area contributed by atoms with Gasteiger partial charge in [-0.25, -0.2) is 0 Å². The van der Waals surface area contributed by atoms with Gasteiger partial charge in [-0.05, 0) is 32.3 Å². The number of carbonyl (C=O) groups excluding carboxylic acids is 3. The number of amides is 3. The lowest BCUT2D eigenvalue weighted by Crippen LogP contribution is -2.57. The third-order valence-corrected chi connectivity index (χ3v) is 11.4. The summed E-state index contributed by atoms with van der Waals surface area (Å²) in [7, 11) is 0. The van der Waals surface area contributed by atoms with Crippen LogP contribution in [-0.2, 0) is 20.9 Å². The third-order valence-electron chi connectivity index (χ3n) is 9.58. The van der Waals surface area contributed by atoms with E-state index in [0.29, 0.717) is 19.6 Å². The number of thioether (sulfide) groups is 1. The van der Waals surface area contributed by atoms with Crippen LogP contribution < -0.4 is 0 Å². The number of hydrogen-bond acceptors (Lipinski definition) is 5. The van der Waals surface area contributed by atoms with Gasteiger partial charge < -0.3 is 19.8 Å². The van der Waals surface area contributed by atoms with Crippen molar-refractivity contribution >= 4 is 29.5 Å². The van der Waals surface area contributed by atoms with Crippen molar-refractivity contribution in [2.24, 2.45) is 11.8 Å². The van der Waals surface area contributed by atoms with Crippen molar-refractivity contribution in [3.63, 3.8) is 0 Å². The number of aliphatic hydroxyl groups excluding tert-OH is 1. The van der Waals surface area contributed by atoms with Crippen LogP contribution in [0, 0.1) is 11.8 Å². The molecule has 1 N–H and O–H groups in total. The maximum atomic E-state index is 14.5. The smallest absolute Gasteiger partial charge is 0.247 e. The van der Waals surface area contributed by atoms with Gasteiger partial charge in [-0.15, -0.1) is 11.8 Å². The maximum Gasteiger partial charge on any atom is 0.247 e. The summed E-state index contributed by atoms with van der Waals surface area (Å²) < 4.78 is -1.49. The van der Waals surface area contributed by atoms with Gasteiger partial charge >= 0.3 is 0 Å². The molecule has 0 aromatic heterocycles. The molecule has 1 spiro atoms. The normalized spacial score (nSPS) is 35.5. The molecule has 6 atom stereocenters. The summed E-state index contributed by atoms with van der Waals surface area (Å²) in [6, 6.07) is 8.84. The Labute approximate surface area is 235 Å². The number of rotatable bonds is 5. The number of fused-ring (bicyclic) bond motifs is 2. The van der Waals surface area contributed by atoms with E-state index < -0.39 is 33.4 Å². The molecule has 0 radical (unpaired) electrons. The van der Waals surface area contributed by atoms with Crippen molar-refractivity contribution < 1.29 is 19.5 Å². The van der Waals surface area contributed by atoms with E-state index in [-0.39, 0.29) is 30.4 Å². The second-order valence-electron chi connectivity index (χ2n) is 12.1. The van der Waals surface area contributed by atoms with Gasteiger partial charge in [0.2, 0.25) is 17.7 Å². The van der Waals surface area contributed by atoms with E-state index in [1.165, 1.54) is 6.42 Å². The highest BCUT2D eigenvalue weighted by atomic mass is 32.2. The second kappa shape index (κ2) is 10.1. The van der Waals surface area contributed by atoms with E-state index >= 15 is 0 Å². The Morgan fingerprint density at radius 1 is 0.949 bits per heavy atom. The van der Waals surface area contributed by atoms with Crippen molar-refractivity contribution in [2.45, 2.75) is 80.1 Å². The van der Waals surface area contributed by atoms with Crippen LogP contribution in [0.5, 0.6) is 0 Å². The van der Waals surface area contributed by atoms with Crippen molar-refractivity contribution in [1.82, 2.24) is 14.7 Å². The van der Waals surface area contributed by atoms with Crippen LogP contribution in [0.2, 0.25) is 0 Å². The monoisotopic (exact) mass is 549 g/mol. The lowest BCUT2D eigenvalue weighted by molar-refractivity contribution is -0.148. The quantitative estimate of drug-likeness (QED) is 0.570. The number of carbonyl (C=O) groups is 3. The molecule has 4 aliphatic heterocycles. The zero-order valence-corrected chi connectivity index (χ0v) is 23.7. The molecule has 208 valence electrons. The minimum Gasteiger partial charge on any atom is -0.394 e. The van der Waals surface area contributed by atoms with E-state index in [0.717, 1.165) is 31.2 Å². The molecule has 2 saturated heterocycles. The highest BCUT2D eigenvalue weighted by Crippen LogP contribution is 2.66. The van der Waals surface area contributed by atoms with Crippen LogP contribution in [0.15, 0.2) is 54.6 Å². The summed E-state index contributed by atoms with van der Waals surface area (Å²) in [5.41, 5.74) is 1.04. The van der Waals surface area contributed by atoms with Crippen LogP contribution in [-0.4, -0.2) is 84.8 Å². The van der Waals surface area contributed by atoms with Crippen molar-refractivity contribution in [1.29, 1.82) is 0 Å². The molecule has 7 nitrogen and oxygen atoms in total. The Balaban J connectivity index is 1.42. The van der Waals surface area contributed by atoms with E-state index in [1.807, 2.05) is 40.1 Å². The molecule has 5 aliphatic rings. The topological polar surface area (TPSA) is 81.2 Å². The van der Waals surface area contributed by atoms with Gasteiger partial charge in [0.25, 0.3) is 0 Å². The summed E-state index contributed by atoms with van der Waals surface area (Å²) in [5.74, 6) is -1.54. The zero-order valence-electron chi connectivity index (χ0n) is 22.9. The number of hydrogen-bond donors (Lipinski definition) is 1. The molecule has 3 fully saturated rings. The van der Waals surface area contributed by atoms with Crippen LogP contribution in [0.1, 0.15) is 51.5 Å². The molecule has 1 saturated carbocycles. The predicted molar refractivity (Wildman–Crippen MR) is 152 cm³/mol. The Hall–Kier alpha value is -2.58. The number of benzene rings is 1. The Morgan fingerprint density at radius 3 is 2.38 bits per heavy atom. The Morgan fingerprint density at radius 2 is 1.67 bits per heavy atom. The predicted octanol–water partition coefficient (Wildman–Crippen LogP) is 3.38. The van der Waals surface area contributed by atoms with E-state index in [4.69, 9.17) is 0 Å². The zero-order chi connectivity index (χ0) is 27.4. The second-order valence-corrected chi connectivity index (χ2v) is 13.9. The molecule has 1 aromatic rings. The standard InChI is InChI=1S/C31H39N3O4S/c1-21(20-35)34-26-29(38)33(23-13-7-4-8-14-23)18-10-16-31(26)25(28(34)37)24-27(36)32(17-9-15-30(24,2)39-31)19-22-11-5-3-6-12-22/h3,5-6,9-12,15-16,21,23-26,35H,4,7-8,13-14,17-20H2,1-2H3/t21-,24-,25+,26?,30+,31+/m1/s1. The first kappa shape index (κ1) is 26.6. The number of aliphatic hydroxyl groups is 1. The highest BCUT2D eigenvalue weighted by Gasteiger charge is 2.74. The number of likely N-dealkylation sites (tertiary alicyclic amines) is 1. The van der Waals surface area contributed by atoms with Gasteiger partial charge in [-0.2, -0.15) is 0 Å². The van der Waals surface area contributed by atoms with Gasteiger partial charge in [0, 0.05) is 30.4 Å². The first-order valence-electron chi connectivity index (χ1n) is 14.4. The van der Waals surface area contributed by atoms with Crippen LogP contribution in [0.25, 0.3) is 0 Å². The van der Waals surface area contributed by atoms with Gasteiger partial charge in [0.1, 0.15) is 6.04 Å². The number of nitrogens with zero attached hydrogens (tertiary/aromatic N) is 3. The van der Waals surface area contributed by atoms with Gasteiger partial charge in [0.15, 0.2) is 0 Å². The van der Waals surface area contributed by atoms with E-state index in [2.05, 4.69) is 31.2 Å². The molecular weight excluding hydrogens is 510 g/mol. The summed E-state index contributed by atoms with van der Waals surface area (Å²) in [4.78, 5) is 48.7. The molecule has 8 heteroatoms. The fourth-order valence-corrected chi connectivity index (χ4v) is 9.90. The molecule has 1 aliphatic carbocycles. The van der Waals surface area contributed by atoms with Gasteiger partial charge in [-0.3, -0.25) is 14.4 Å². The molecule has 6 rings (SSSR count). The third kappa shape index (κ3) is 4.17. The van der Waals surface area contributed by atoms with Gasteiger partial charge in [0.05, 0.1) is 29.2 Å². The average Bonchev–Trinajstić information content (AvgIpc) is 3.23. The van der Waals surface area contributed by atoms with Crippen molar-refractivity contribution in [2.75, 3.05) is 19.7 Å². The summed E-state index contributed by atoms with van der Waals surface area (Å²) in [5, 5.41) is 10.2. The van der Waals surface area contributed by atoms with E-state index in [9.17, 15) is 19.5 Å². The molecule has 3 amide bonds. The van der Waals surface area contributed by atoms with Crippen LogP contribution in [0.3, 0.4) is 0 Å². The highest BCUT2D eigenvalue weighted by molar-refractivity contribution is 8.02. The fourth-order valence-electron chi connectivity index (χ4n) is 7.76. The minimum atomic E-state index is -0.865. The summed E-state index contributed by atoms with van der Waals surface area (Å²) in [6.45, 7) is 5.11. The van der Waals surface area contributed by atoms with Crippen LogP contribution >= 0.6 is 11.8 Å². The van der Waals surface area contributed by atoms with Crippen molar-refractivity contribution in [3.05, 3.63) is 60.2 Å². The first-order valence-corrected chi connectivity index (χ1v) is 15.2. The maximum absolute atomic E-state index is 14.5. The molecule has 1 aromatic carbocycles. The van der Waals surface area contributed by atoms with Crippen LogP contribution in [0.4, 0.5) is 0 Å². The summed E-state index contributed by atoms with van der Waals surface area (Å²) >= 11 is 1.61. The van der Waals surface area contributed by atoms with E-state index in [1.54, 1.807) is 23.6 Å². The Kier molecular flexibility index (Phi) is 6.91. The molecule has 1 unspecified atom stereocenters. The first-order chi connectivity index (χ1) is 18.8. The van der Waals surface area contributed by atoms with Crippen molar-refractivity contribution in [3.8, 4) is 0 Å². The molecular formula is C31H39N3O4S. The average molecular weight is 550 g/mol. The lowest BCUT2D eigenvalue weighted by atomic mass is 9.74. The molecule has 0 bridgehead atoms. The SMILES string of the molecule is C[C@H](CO)N1C(=O)[C@@H]2[C@@H]3C(=O)N(Cc4ccccc4)CC=C[C@]3(C)S[C@@]23C=CCN(C2CCCCC2)C(=O)C13. The summed E-state index contributed by atoms with van der Waals surface area (Å²) in [6.07, 6.45) is 13.7. The molecule has 39 heavy (non-hydrogen) atoms. The largest absolute Gasteiger partial charge is 0.394 e. The molecule has 4 heterocycles. The lowest BCUT2D eigenvalue weighted by Gasteiger charge is -2.41. The minimum absolute atomic E-state index is 0.0341. The van der Waals surface area contributed by atoms with Gasteiger partial charge in [-0.1, -0.05) is 73.9 Å². The fraction of sp³-hybridized carbons (Fsp3) is 0.581. The Bertz CT molecular complexity index is 1200.